The number of hydrogen-bond donors (Lipinski definition) is 1. The van der Waals surface area contributed by atoms with Crippen molar-refractivity contribution in [3.8, 4) is 0 Å². The number of carboxylic acids is 1. The zero-order valence-electron chi connectivity index (χ0n) is 5.81. The van der Waals surface area contributed by atoms with Crippen LogP contribution >= 0.6 is 0 Å². The predicted molar refractivity (Wildman–Crippen MR) is 34.4 cm³/mol. The highest BCUT2D eigenvalue weighted by molar-refractivity contribution is 5.78. The molecular formula is C7H8F2O2. The van der Waals surface area contributed by atoms with Crippen molar-refractivity contribution in [3.63, 3.8) is 0 Å². The molecule has 0 amide bonds. The van der Waals surface area contributed by atoms with Crippen LogP contribution in [0.15, 0.2) is 12.7 Å². The van der Waals surface area contributed by atoms with Gasteiger partial charge < -0.3 is 5.11 Å². The SMILES string of the molecule is C=CC1(C(=O)O)CC(F)(F)C1. The van der Waals surface area contributed by atoms with Crippen LogP contribution in [0.1, 0.15) is 12.8 Å². The van der Waals surface area contributed by atoms with Crippen LogP contribution in [0.3, 0.4) is 0 Å². The molecule has 1 aliphatic carbocycles. The number of carboxylic acid groups (broad SMARTS) is 1. The third-order valence-electron chi connectivity index (χ3n) is 1.96. The van der Waals surface area contributed by atoms with Gasteiger partial charge in [-0.15, -0.1) is 6.58 Å². The number of rotatable bonds is 2. The Morgan fingerprint density at radius 2 is 2.00 bits per heavy atom. The second-order valence-electron chi connectivity index (χ2n) is 2.87. The van der Waals surface area contributed by atoms with E-state index in [1.54, 1.807) is 0 Å². The first-order chi connectivity index (χ1) is 4.92. The first kappa shape index (κ1) is 8.17. The van der Waals surface area contributed by atoms with Gasteiger partial charge >= 0.3 is 5.97 Å². The van der Waals surface area contributed by atoms with Gasteiger partial charge in [0.05, 0.1) is 5.41 Å². The van der Waals surface area contributed by atoms with Gasteiger partial charge in [0, 0.05) is 12.8 Å². The number of alkyl halides is 2. The van der Waals surface area contributed by atoms with Gasteiger partial charge in [-0.2, -0.15) is 0 Å². The molecule has 0 radical (unpaired) electrons. The third-order valence-corrected chi connectivity index (χ3v) is 1.96. The Morgan fingerprint density at radius 3 is 2.09 bits per heavy atom. The molecule has 4 heteroatoms. The fraction of sp³-hybridized carbons (Fsp3) is 0.571. The molecule has 1 N–H and O–H groups in total. The van der Waals surface area contributed by atoms with Gasteiger partial charge in [0.25, 0.3) is 5.92 Å². The maximum Gasteiger partial charge on any atom is 0.313 e. The second kappa shape index (κ2) is 2.03. The lowest BCUT2D eigenvalue weighted by Crippen LogP contribution is -2.49. The molecule has 0 heterocycles. The first-order valence-electron chi connectivity index (χ1n) is 3.17. The Morgan fingerprint density at radius 1 is 1.55 bits per heavy atom. The zero-order chi connectivity index (χ0) is 8.70. The van der Waals surface area contributed by atoms with Crippen molar-refractivity contribution < 1.29 is 18.7 Å². The lowest BCUT2D eigenvalue weighted by atomic mass is 9.66. The number of hydrogen-bond acceptors (Lipinski definition) is 1. The fourth-order valence-electron chi connectivity index (χ4n) is 1.25. The van der Waals surface area contributed by atoms with Gasteiger partial charge in [-0.1, -0.05) is 6.08 Å². The minimum absolute atomic E-state index is 0.612. The van der Waals surface area contributed by atoms with Gasteiger partial charge in [0.15, 0.2) is 0 Å². The minimum atomic E-state index is -2.81. The van der Waals surface area contributed by atoms with Gasteiger partial charge in [-0.05, 0) is 0 Å². The maximum absolute atomic E-state index is 12.3. The van der Waals surface area contributed by atoms with Crippen LogP contribution in [-0.2, 0) is 4.79 Å². The Labute approximate surface area is 62.5 Å². The monoisotopic (exact) mass is 162 g/mol. The van der Waals surface area contributed by atoms with Gasteiger partial charge in [0.1, 0.15) is 0 Å². The van der Waals surface area contributed by atoms with Gasteiger partial charge in [0.2, 0.25) is 0 Å². The molecule has 0 aromatic rings. The highest BCUT2D eigenvalue weighted by atomic mass is 19.3. The smallest absolute Gasteiger partial charge is 0.313 e. The van der Waals surface area contributed by atoms with E-state index in [1.165, 1.54) is 0 Å². The molecule has 0 atom stereocenters. The summed E-state index contributed by atoms with van der Waals surface area (Å²) >= 11 is 0. The predicted octanol–water partition coefficient (Wildman–Crippen LogP) is 1.67. The average molecular weight is 162 g/mol. The number of carbonyl (C=O) groups is 1. The van der Waals surface area contributed by atoms with Crippen LogP contribution < -0.4 is 0 Å². The van der Waals surface area contributed by atoms with E-state index < -0.39 is 30.1 Å². The van der Waals surface area contributed by atoms with Crippen molar-refractivity contribution in [2.45, 2.75) is 18.8 Å². The summed E-state index contributed by atoms with van der Waals surface area (Å²) in [5.74, 6) is -4.02. The summed E-state index contributed by atoms with van der Waals surface area (Å²) in [4.78, 5) is 10.4. The normalized spacial score (nSPS) is 25.3. The van der Waals surface area contributed by atoms with Crippen LogP contribution in [0.4, 0.5) is 8.78 Å². The van der Waals surface area contributed by atoms with Crippen molar-refractivity contribution in [1.29, 1.82) is 0 Å². The molecule has 1 saturated carbocycles. The first-order valence-corrected chi connectivity index (χ1v) is 3.17. The molecule has 1 fully saturated rings. The molecule has 1 rings (SSSR count). The molecule has 0 saturated heterocycles. The highest BCUT2D eigenvalue weighted by Gasteiger charge is 2.59. The Hall–Kier alpha value is -0.930. The van der Waals surface area contributed by atoms with Crippen LogP contribution in [0.5, 0.6) is 0 Å². The van der Waals surface area contributed by atoms with Gasteiger partial charge in [-0.25, -0.2) is 8.78 Å². The molecule has 0 unspecified atom stereocenters. The van der Waals surface area contributed by atoms with Crippen LogP contribution in [0.25, 0.3) is 0 Å². The molecule has 0 aliphatic heterocycles. The molecule has 1 aliphatic rings. The van der Waals surface area contributed by atoms with Crippen molar-refractivity contribution in [2.75, 3.05) is 0 Å². The standard InChI is InChI=1S/C7H8F2O2/c1-2-6(5(10)11)3-7(8,9)4-6/h2H,1,3-4H2,(H,10,11). The third kappa shape index (κ3) is 1.13. The molecule has 0 bridgehead atoms. The van der Waals surface area contributed by atoms with E-state index in [1.807, 2.05) is 0 Å². The summed E-state index contributed by atoms with van der Waals surface area (Å²) in [6, 6.07) is 0. The molecule has 0 aromatic heterocycles. The summed E-state index contributed by atoms with van der Waals surface area (Å²) in [6.45, 7) is 3.23. The Balaban J connectivity index is 2.72. The van der Waals surface area contributed by atoms with E-state index in [0.717, 1.165) is 6.08 Å². The van der Waals surface area contributed by atoms with E-state index in [0.29, 0.717) is 0 Å². The summed E-state index contributed by atoms with van der Waals surface area (Å²) in [5.41, 5.74) is -1.37. The van der Waals surface area contributed by atoms with Crippen LogP contribution in [0, 0.1) is 5.41 Å². The molecule has 62 valence electrons. The topological polar surface area (TPSA) is 37.3 Å². The molecule has 2 nitrogen and oxygen atoms in total. The lowest BCUT2D eigenvalue weighted by molar-refractivity contribution is -0.182. The van der Waals surface area contributed by atoms with Crippen molar-refractivity contribution in [1.82, 2.24) is 0 Å². The van der Waals surface area contributed by atoms with Gasteiger partial charge in [-0.3, -0.25) is 4.79 Å². The summed E-state index contributed by atoms with van der Waals surface area (Å²) in [5, 5.41) is 8.51. The number of aliphatic carboxylic acids is 1. The highest BCUT2D eigenvalue weighted by Crippen LogP contribution is 2.52. The van der Waals surface area contributed by atoms with Crippen LogP contribution in [0.2, 0.25) is 0 Å². The summed E-state index contributed by atoms with van der Waals surface area (Å²) in [7, 11) is 0. The zero-order valence-corrected chi connectivity index (χ0v) is 5.81. The Bertz CT molecular complexity index is 202. The quantitative estimate of drug-likeness (QED) is 0.627. The lowest BCUT2D eigenvalue weighted by Gasteiger charge is -2.41. The molecule has 0 aromatic carbocycles. The molecule has 11 heavy (non-hydrogen) atoms. The number of halogens is 2. The van der Waals surface area contributed by atoms with Crippen molar-refractivity contribution >= 4 is 5.97 Å². The van der Waals surface area contributed by atoms with E-state index in [4.69, 9.17) is 5.11 Å². The van der Waals surface area contributed by atoms with E-state index in [-0.39, 0.29) is 0 Å². The van der Waals surface area contributed by atoms with E-state index in [2.05, 4.69) is 6.58 Å². The average Bonchev–Trinajstić information content (AvgIpc) is 1.81. The Kier molecular flexibility index (Phi) is 1.51. The van der Waals surface area contributed by atoms with Crippen molar-refractivity contribution in [3.05, 3.63) is 12.7 Å². The summed E-state index contributed by atoms with van der Waals surface area (Å²) in [6.07, 6.45) is -0.135. The molecular weight excluding hydrogens is 154 g/mol. The largest absolute Gasteiger partial charge is 0.481 e. The van der Waals surface area contributed by atoms with E-state index in [9.17, 15) is 13.6 Å². The summed E-state index contributed by atoms with van der Waals surface area (Å²) < 4.78 is 24.5. The second-order valence-corrected chi connectivity index (χ2v) is 2.87. The fourth-order valence-corrected chi connectivity index (χ4v) is 1.25. The van der Waals surface area contributed by atoms with E-state index >= 15 is 0 Å². The van der Waals surface area contributed by atoms with Crippen LogP contribution in [-0.4, -0.2) is 17.0 Å². The molecule has 0 spiro atoms. The minimum Gasteiger partial charge on any atom is -0.481 e. The van der Waals surface area contributed by atoms with Crippen molar-refractivity contribution in [2.24, 2.45) is 5.41 Å². The maximum atomic E-state index is 12.3.